The highest BCUT2D eigenvalue weighted by Gasteiger charge is 2.19. The predicted molar refractivity (Wildman–Crippen MR) is 83.5 cm³/mol. The molecule has 0 radical (unpaired) electrons. The van der Waals surface area contributed by atoms with Gasteiger partial charge in [0.2, 0.25) is 0 Å². The van der Waals surface area contributed by atoms with E-state index in [1.807, 2.05) is 0 Å². The Morgan fingerprint density at radius 3 is 2.68 bits per heavy atom. The van der Waals surface area contributed by atoms with Gasteiger partial charge in [0.25, 0.3) is 0 Å². The fourth-order valence-electron chi connectivity index (χ4n) is 2.59. The third-order valence-electron chi connectivity index (χ3n) is 3.98. The van der Waals surface area contributed by atoms with Crippen LogP contribution in [0.1, 0.15) is 58.3 Å². The molecule has 19 heavy (non-hydrogen) atoms. The molecule has 1 heterocycles. The van der Waals surface area contributed by atoms with Crippen LogP contribution in [-0.2, 0) is 0 Å². The normalized spacial score (nSPS) is 20.9. The van der Waals surface area contributed by atoms with E-state index in [9.17, 15) is 0 Å². The van der Waals surface area contributed by atoms with Crippen LogP contribution in [0.15, 0.2) is 4.99 Å². The van der Waals surface area contributed by atoms with Gasteiger partial charge in [-0.2, -0.15) is 0 Å². The summed E-state index contributed by atoms with van der Waals surface area (Å²) >= 11 is 0. The number of unbranched alkanes of at least 4 members (excludes halogenated alkanes) is 5. The van der Waals surface area contributed by atoms with E-state index in [-0.39, 0.29) is 0 Å². The number of likely N-dealkylation sites (tertiary alicyclic amines) is 1. The molecule has 0 aliphatic carbocycles. The smallest absolute Gasteiger partial charge is 0.188 e. The van der Waals surface area contributed by atoms with E-state index in [4.69, 9.17) is 5.73 Å². The van der Waals surface area contributed by atoms with Gasteiger partial charge in [-0.1, -0.05) is 39.0 Å². The molecule has 0 aromatic rings. The summed E-state index contributed by atoms with van der Waals surface area (Å²) < 4.78 is 0. The minimum atomic E-state index is 0.592. The highest BCUT2D eigenvalue weighted by molar-refractivity contribution is 5.77. The number of nitrogens with zero attached hydrogens (tertiary/aromatic N) is 2. The van der Waals surface area contributed by atoms with Crippen molar-refractivity contribution in [2.45, 2.75) is 64.3 Å². The van der Waals surface area contributed by atoms with Crippen molar-refractivity contribution in [2.75, 3.05) is 26.7 Å². The van der Waals surface area contributed by atoms with Gasteiger partial charge in [0.05, 0.1) is 6.54 Å². The summed E-state index contributed by atoms with van der Waals surface area (Å²) in [7, 11) is 2.17. The van der Waals surface area contributed by atoms with Crippen LogP contribution < -0.4 is 11.1 Å². The van der Waals surface area contributed by atoms with E-state index in [2.05, 4.69) is 29.2 Å². The second-order valence-corrected chi connectivity index (χ2v) is 5.70. The van der Waals surface area contributed by atoms with Gasteiger partial charge < -0.3 is 16.0 Å². The Morgan fingerprint density at radius 2 is 2.00 bits per heavy atom. The van der Waals surface area contributed by atoms with Crippen molar-refractivity contribution in [3.8, 4) is 0 Å². The van der Waals surface area contributed by atoms with Crippen molar-refractivity contribution < 1.29 is 0 Å². The summed E-state index contributed by atoms with van der Waals surface area (Å²) in [5, 5.41) is 3.22. The minimum Gasteiger partial charge on any atom is -0.370 e. The van der Waals surface area contributed by atoms with Gasteiger partial charge in [0.1, 0.15) is 0 Å². The quantitative estimate of drug-likeness (QED) is 0.383. The summed E-state index contributed by atoms with van der Waals surface area (Å²) in [6.45, 7) is 5.25. The predicted octanol–water partition coefficient (Wildman–Crippen LogP) is 2.35. The molecule has 1 aliphatic heterocycles. The van der Waals surface area contributed by atoms with E-state index in [1.165, 1.54) is 57.9 Å². The number of hydrogen-bond acceptors (Lipinski definition) is 2. The Morgan fingerprint density at radius 1 is 1.26 bits per heavy atom. The Balaban J connectivity index is 1.99. The lowest BCUT2D eigenvalue weighted by atomic mass is 10.1. The molecule has 0 aromatic heterocycles. The summed E-state index contributed by atoms with van der Waals surface area (Å²) in [5.74, 6) is 0.619. The zero-order chi connectivity index (χ0) is 13.9. The molecule has 112 valence electrons. The molecule has 4 heteroatoms. The van der Waals surface area contributed by atoms with Gasteiger partial charge in [0, 0.05) is 12.6 Å². The molecule has 1 saturated heterocycles. The maximum Gasteiger partial charge on any atom is 0.188 e. The number of guanidine groups is 1. The topological polar surface area (TPSA) is 53.6 Å². The standard InChI is InChI=1S/C15H32N4/c1-3-4-5-6-7-8-11-17-15(16)18-13-14-10-9-12-19(14)2/h14H,3-13H2,1-2H3,(H3,16,17,18). The largest absolute Gasteiger partial charge is 0.370 e. The summed E-state index contributed by atoms with van der Waals surface area (Å²) in [6.07, 6.45) is 10.4. The molecule has 1 rings (SSSR count). The molecule has 0 spiro atoms. The molecule has 0 amide bonds. The van der Waals surface area contributed by atoms with Gasteiger partial charge in [-0.25, -0.2) is 0 Å². The van der Waals surface area contributed by atoms with Crippen molar-refractivity contribution in [1.82, 2.24) is 10.2 Å². The molecule has 1 aliphatic rings. The lowest BCUT2D eigenvalue weighted by Crippen LogP contribution is -2.35. The SMILES string of the molecule is CCCCCCCCNC(N)=NCC1CCCN1C. The molecule has 3 N–H and O–H groups in total. The fourth-order valence-corrected chi connectivity index (χ4v) is 2.59. The van der Waals surface area contributed by atoms with Crippen LogP contribution in [0, 0.1) is 0 Å². The first-order valence-corrected chi connectivity index (χ1v) is 7.98. The number of hydrogen-bond donors (Lipinski definition) is 2. The van der Waals surface area contributed by atoms with E-state index < -0.39 is 0 Å². The third kappa shape index (κ3) is 7.41. The Bertz CT molecular complexity index is 253. The zero-order valence-corrected chi connectivity index (χ0v) is 12.8. The Kier molecular flexibility index (Phi) is 8.63. The number of nitrogens with two attached hydrogens (primary N) is 1. The molecule has 0 saturated carbocycles. The van der Waals surface area contributed by atoms with E-state index in [1.54, 1.807) is 0 Å². The maximum absolute atomic E-state index is 5.88. The second kappa shape index (κ2) is 10.1. The van der Waals surface area contributed by atoms with Crippen LogP contribution >= 0.6 is 0 Å². The molecule has 4 nitrogen and oxygen atoms in total. The molecule has 1 unspecified atom stereocenters. The van der Waals surface area contributed by atoms with Crippen LogP contribution in [-0.4, -0.2) is 43.6 Å². The molecule has 0 bridgehead atoms. The average molecular weight is 268 g/mol. The Hall–Kier alpha value is -0.770. The number of rotatable bonds is 9. The zero-order valence-electron chi connectivity index (χ0n) is 12.8. The van der Waals surface area contributed by atoms with Crippen molar-refractivity contribution in [3.05, 3.63) is 0 Å². The Labute approximate surface area is 118 Å². The third-order valence-corrected chi connectivity index (χ3v) is 3.98. The van der Waals surface area contributed by atoms with E-state index in [0.29, 0.717) is 12.0 Å². The van der Waals surface area contributed by atoms with Crippen LogP contribution in [0.25, 0.3) is 0 Å². The fraction of sp³-hybridized carbons (Fsp3) is 0.933. The molecule has 1 atom stereocenters. The number of nitrogens with one attached hydrogen (secondary N) is 1. The first-order valence-electron chi connectivity index (χ1n) is 7.98. The molecular formula is C15H32N4. The number of aliphatic imine (C=N–C) groups is 1. The highest BCUT2D eigenvalue weighted by atomic mass is 15.2. The van der Waals surface area contributed by atoms with Crippen LogP contribution in [0.4, 0.5) is 0 Å². The highest BCUT2D eigenvalue weighted by Crippen LogP contribution is 2.14. The maximum atomic E-state index is 5.88. The van der Waals surface area contributed by atoms with Gasteiger partial charge in [0.15, 0.2) is 5.96 Å². The summed E-state index contributed by atoms with van der Waals surface area (Å²) in [4.78, 5) is 6.82. The van der Waals surface area contributed by atoms with Gasteiger partial charge in [-0.05, 0) is 32.9 Å². The molecular weight excluding hydrogens is 236 g/mol. The van der Waals surface area contributed by atoms with Crippen molar-refractivity contribution in [2.24, 2.45) is 10.7 Å². The van der Waals surface area contributed by atoms with Gasteiger partial charge in [-0.15, -0.1) is 0 Å². The molecule has 0 aromatic carbocycles. The second-order valence-electron chi connectivity index (χ2n) is 5.70. The molecule has 1 fully saturated rings. The van der Waals surface area contributed by atoms with Crippen molar-refractivity contribution in [1.29, 1.82) is 0 Å². The van der Waals surface area contributed by atoms with Crippen molar-refractivity contribution >= 4 is 5.96 Å². The lowest BCUT2D eigenvalue weighted by Gasteiger charge is -2.17. The van der Waals surface area contributed by atoms with Crippen LogP contribution in [0.3, 0.4) is 0 Å². The minimum absolute atomic E-state index is 0.592. The first-order chi connectivity index (χ1) is 9.24. The monoisotopic (exact) mass is 268 g/mol. The summed E-state index contributed by atoms with van der Waals surface area (Å²) in [6, 6.07) is 0.592. The number of likely N-dealkylation sites (N-methyl/N-ethyl adjacent to an activating group) is 1. The van der Waals surface area contributed by atoms with Crippen LogP contribution in [0.2, 0.25) is 0 Å². The first kappa shape index (κ1) is 16.3. The van der Waals surface area contributed by atoms with E-state index >= 15 is 0 Å². The van der Waals surface area contributed by atoms with Gasteiger partial charge >= 0.3 is 0 Å². The lowest BCUT2D eigenvalue weighted by molar-refractivity contribution is 0.317. The summed E-state index contributed by atoms with van der Waals surface area (Å²) in [5.41, 5.74) is 5.88. The van der Waals surface area contributed by atoms with Gasteiger partial charge in [-0.3, -0.25) is 4.99 Å². The van der Waals surface area contributed by atoms with Crippen molar-refractivity contribution in [3.63, 3.8) is 0 Å². The van der Waals surface area contributed by atoms with Crippen LogP contribution in [0.5, 0.6) is 0 Å². The average Bonchev–Trinajstić information content (AvgIpc) is 2.81. The van der Waals surface area contributed by atoms with E-state index in [0.717, 1.165) is 13.1 Å².